The fourth-order valence-corrected chi connectivity index (χ4v) is 4.30. The summed E-state index contributed by atoms with van der Waals surface area (Å²) in [6.45, 7) is 4.57. The molecular formula is C27H24N4O4. The Kier molecular flexibility index (Phi) is 6.01. The van der Waals surface area contributed by atoms with Crippen LogP contribution in [0.2, 0.25) is 0 Å². The number of fused-ring (bicyclic) bond motifs is 1. The highest BCUT2D eigenvalue weighted by atomic mass is 16.5. The van der Waals surface area contributed by atoms with E-state index in [1.165, 1.54) is 0 Å². The van der Waals surface area contributed by atoms with Gasteiger partial charge in [-0.2, -0.15) is 5.10 Å². The smallest absolute Gasteiger partial charge is 0.338 e. The molecule has 1 aliphatic heterocycles. The Hall–Kier alpha value is -4.46. The first-order valence-electron chi connectivity index (χ1n) is 11.5. The van der Waals surface area contributed by atoms with E-state index in [1.54, 1.807) is 42.3 Å². The number of amides is 1. The number of pyridine rings is 1. The van der Waals surface area contributed by atoms with Gasteiger partial charge in [0, 0.05) is 23.0 Å². The number of H-pyrrole nitrogens is 1. The second-order valence-corrected chi connectivity index (χ2v) is 7.92. The zero-order valence-electron chi connectivity index (χ0n) is 19.4. The van der Waals surface area contributed by atoms with Crippen molar-refractivity contribution >= 4 is 17.6 Å². The van der Waals surface area contributed by atoms with E-state index in [9.17, 15) is 9.59 Å². The number of hydrogen-bond acceptors (Lipinski definition) is 6. The van der Waals surface area contributed by atoms with Gasteiger partial charge in [-0.3, -0.25) is 19.8 Å². The molecule has 0 radical (unpaired) electrons. The number of rotatable bonds is 7. The van der Waals surface area contributed by atoms with Crippen LogP contribution in [0, 0.1) is 0 Å². The summed E-state index contributed by atoms with van der Waals surface area (Å²) < 4.78 is 10.6. The van der Waals surface area contributed by atoms with E-state index in [0.29, 0.717) is 41.5 Å². The van der Waals surface area contributed by atoms with Crippen LogP contribution in [0.1, 0.15) is 52.0 Å². The Morgan fingerprint density at radius 2 is 1.77 bits per heavy atom. The quantitative estimate of drug-likeness (QED) is 0.392. The summed E-state index contributed by atoms with van der Waals surface area (Å²) in [5.74, 6) is 0.147. The van der Waals surface area contributed by atoms with Gasteiger partial charge in [0.15, 0.2) is 0 Å². The SMILES string of the molecule is CCOC(=O)c1ccc(N2C(=O)c3[nH]nc(-c4ccc(OCC)cc4)c3[C@@H]2c2ccccn2)cc1. The Morgan fingerprint density at radius 3 is 2.43 bits per heavy atom. The number of carbonyl (C=O) groups is 2. The van der Waals surface area contributed by atoms with Crippen molar-refractivity contribution in [1.82, 2.24) is 15.2 Å². The standard InChI is InChI=1S/C27H24N4O4/c1-3-34-20-14-10-17(11-15-20)23-22-24(30-29-23)26(32)31(25(22)21-7-5-6-16-28-21)19-12-8-18(9-13-19)27(33)35-4-2/h5-16,25H,3-4H2,1-2H3,(H,29,30)/t25-/m0/s1. The molecule has 35 heavy (non-hydrogen) atoms. The molecule has 4 aromatic rings. The zero-order valence-corrected chi connectivity index (χ0v) is 19.4. The zero-order chi connectivity index (χ0) is 24.4. The average Bonchev–Trinajstić information content (AvgIpc) is 3.44. The maximum Gasteiger partial charge on any atom is 0.338 e. The van der Waals surface area contributed by atoms with E-state index in [1.807, 2.05) is 49.4 Å². The molecule has 0 aliphatic carbocycles. The van der Waals surface area contributed by atoms with Crippen LogP contribution in [0.15, 0.2) is 72.9 Å². The maximum absolute atomic E-state index is 13.6. The molecule has 0 saturated heterocycles. The van der Waals surface area contributed by atoms with Crippen LogP contribution < -0.4 is 9.64 Å². The van der Waals surface area contributed by atoms with Crippen molar-refractivity contribution in [1.29, 1.82) is 0 Å². The Bertz CT molecular complexity index is 1350. The van der Waals surface area contributed by atoms with Gasteiger partial charge in [0.25, 0.3) is 5.91 Å². The summed E-state index contributed by atoms with van der Waals surface area (Å²) in [6.07, 6.45) is 1.70. The Labute approximate surface area is 202 Å². The highest BCUT2D eigenvalue weighted by molar-refractivity contribution is 6.11. The number of anilines is 1. The maximum atomic E-state index is 13.6. The highest BCUT2D eigenvalue weighted by Crippen LogP contribution is 2.44. The molecule has 0 spiro atoms. The molecule has 1 atom stereocenters. The average molecular weight is 469 g/mol. The first-order chi connectivity index (χ1) is 17.1. The fraction of sp³-hybridized carbons (Fsp3) is 0.185. The van der Waals surface area contributed by atoms with E-state index in [4.69, 9.17) is 9.47 Å². The van der Waals surface area contributed by atoms with Crippen molar-refractivity contribution in [3.8, 4) is 17.0 Å². The van der Waals surface area contributed by atoms with Crippen molar-refractivity contribution in [2.24, 2.45) is 0 Å². The second-order valence-electron chi connectivity index (χ2n) is 7.92. The minimum absolute atomic E-state index is 0.218. The molecule has 1 aliphatic rings. The number of esters is 1. The molecular weight excluding hydrogens is 444 g/mol. The number of carbonyl (C=O) groups excluding carboxylic acids is 2. The number of nitrogens with one attached hydrogen (secondary N) is 1. The third kappa shape index (κ3) is 4.03. The highest BCUT2D eigenvalue weighted by Gasteiger charge is 2.43. The van der Waals surface area contributed by atoms with Crippen LogP contribution in [0.5, 0.6) is 5.75 Å². The summed E-state index contributed by atoms with van der Waals surface area (Å²) in [7, 11) is 0. The predicted octanol–water partition coefficient (Wildman–Crippen LogP) is 4.80. The van der Waals surface area contributed by atoms with Gasteiger partial charge >= 0.3 is 5.97 Å². The van der Waals surface area contributed by atoms with Gasteiger partial charge < -0.3 is 9.47 Å². The number of benzene rings is 2. The molecule has 0 fully saturated rings. The van der Waals surface area contributed by atoms with E-state index in [-0.39, 0.29) is 5.91 Å². The summed E-state index contributed by atoms with van der Waals surface area (Å²) in [5.41, 5.74) is 4.48. The molecule has 0 saturated carbocycles. The van der Waals surface area contributed by atoms with Crippen molar-refractivity contribution in [2.45, 2.75) is 19.9 Å². The minimum atomic E-state index is -0.493. The molecule has 3 heterocycles. The van der Waals surface area contributed by atoms with Crippen LogP contribution in [0.4, 0.5) is 5.69 Å². The third-order valence-electron chi connectivity index (χ3n) is 5.83. The topological polar surface area (TPSA) is 97.4 Å². The molecule has 2 aromatic carbocycles. The van der Waals surface area contributed by atoms with Crippen LogP contribution in [0.25, 0.3) is 11.3 Å². The van der Waals surface area contributed by atoms with Crippen molar-refractivity contribution in [3.05, 3.63) is 95.4 Å². The third-order valence-corrected chi connectivity index (χ3v) is 5.83. The van der Waals surface area contributed by atoms with Crippen LogP contribution in [0.3, 0.4) is 0 Å². The van der Waals surface area contributed by atoms with Crippen molar-refractivity contribution in [3.63, 3.8) is 0 Å². The summed E-state index contributed by atoms with van der Waals surface area (Å²) in [6, 6.07) is 19.6. The number of aromatic amines is 1. The van der Waals surface area contributed by atoms with Gasteiger partial charge in [-0.15, -0.1) is 0 Å². The largest absolute Gasteiger partial charge is 0.494 e. The lowest BCUT2D eigenvalue weighted by Crippen LogP contribution is -2.29. The van der Waals surface area contributed by atoms with E-state index >= 15 is 0 Å². The van der Waals surface area contributed by atoms with Crippen LogP contribution >= 0.6 is 0 Å². The van der Waals surface area contributed by atoms with Gasteiger partial charge in [-0.05, 0) is 74.5 Å². The monoisotopic (exact) mass is 468 g/mol. The number of ether oxygens (including phenoxy) is 2. The lowest BCUT2D eigenvalue weighted by atomic mass is 9.99. The molecule has 0 unspecified atom stereocenters. The fourth-order valence-electron chi connectivity index (χ4n) is 4.30. The lowest BCUT2D eigenvalue weighted by molar-refractivity contribution is 0.0526. The molecule has 2 aromatic heterocycles. The minimum Gasteiger partial charge on any atom is -0.494 e. The van der Waals surface area contributed by atoms with Crippen LogP contribution in [-0.4, -0.2) is 40.3 Å². The molecule has 8 nitrogen and oxygen atoms in total. The second kappa shape index (κ2) is 9.42. The molecule has 176 valence electrons. The predicted molar refractivity (Wildman–Crippen MR) is 130 cm³/mol. The summed E-state index contributed by atoms with van der Waals surface area (Å²) in [4.78, 5) is 31.9. The first kappa shape index (κ1) is 22.3. The molecule has 8 heteroatoms. The van der Waals surface area contributed by atoms with E-state index in [2.05, 4.69) is 15.2 Å². The van der Waals surface area contributed by atoms with E-state index < -0.39 is 12.0 Å². The van der Waals surface area contributed by atoms with Crippen LogP contribution in [-0.2, 0) is 4.74 Å². The summed E-state index contributed by atoms with van der Waals surface area (Å²) in [5, 5.41) is 7.44. The van der Waals surface area contributed by atoms with Gasteiger partial charge in [0.05, 0.1) is 30.2 Å². The van der Waals surface area contributed by atoms with Crippen molar-refractivity contribution < 1.29 is 19.1 Å². The van der Waals surface area contributed by atoms with Gasteiger partial charge in [-0.1, -0.05) is 6.07 Å². The molecule has 5 rings (SSSR count). The normalized spacial score (nSPS) is 14.6. The van der Waals surface area contributed by atoms with Gasteiger partial charge in [0.2, 0.25) is 0 Å². The first-order valence-corrected chi connectivity index (χ1v) is 11.5. The molecule has 0 bridgehead atoms. The van der Waals surface area contributed by atoms with Gasteiger partial charge in [0.1, 0.15) is 17.5 Å². The molecule has 1 N–H and O–H groups in total. The Balaban J connectivity index is 1.58. The lowest BCUT2D eigenvalue weighted by Gasteiger charge is -2.25. The molecule has 1 amide bonds. The summed E-state index contributed by atoms with van der Waals surface area (Å²) >= 11 is 0. The van der Waals surface area contributed by atoms with Crippen molar-refractivity contribution in [2.75, 3.05) is 18.1 Å². The van der Waals surface area contributed by atoms with Gasteiger partial charge in [-0.25, -0.2) is 4.79 Å². The van der Waals surface area contributed by atoms with E-state index in [0.717, 1.165) is 16.9 Å². The number of nitrogens with zero attached hydrogens (tertiary/aromatic N) is 3. The Morgan fingerprint density at radius 1 is 1.00 bits per heavy atom. The number of aromatic nitrogens is 3. The number of hydrogen-bond donors (Lipinski definition) is 1.